The number of rotatable bonds is 0. The topological polar surface area (TPSA) is 38.9 Å². The molecule has 0 aliphatic carbocycles. The van der Waals surface area contributed by atoms with Gasteiger partial charge in [-0.05, 0) is 24.6 Å². The Labute approximate surface area is 82.5 Å². The third-order valence-electron chi connectivity index (χ3n) is 1.76. The van der Waals surface area contributed by atoms with Crippen molar-refractivity contribution < 1.29 is 0 Å². The van der Waals surface area contributed by atoms with Crippen LogP contribution in [0.1, 0.15) is 5.56 Å². The van der Waals surface area contributed by atoms with Crippen molar-refractivity contribution in [1.82, 2.24) is 4.98 Å². The average molecular weight is 243 g/mol. The van der Waals surface area contributed by atoms with E-state index in [4.69, 9.17) is 5.73 Å². The minimum absolute atomic E-state index is 0.631. The van der Waals surface area contributed by atoms with Crippen LogP contribution >= 0.6 is 27.3 Å². The van der Waals surface area contributed by atoms with Gasteiger partial charge >= 0.3 is 0 Å². The second kappa shape index (κ2) is 2.71. The number of anilines is 1. The monoisotopic (exact) mass is 242 g/mol. The number of benzene rings is 1. The molecule has 0 bridgehead atoms. The molecule has 62 valence electrons. The van der Waals surface area contributed by atoms with Crippen molar-refractivity contribution in [3.63, 3.8) is 0 Å². The van der Waals surface area contributed by atoms with Gasteiger partial charge in [0.1, 0.15) is 0 Å². The van der Waals surface area contributed by atoms with E-state index in [1.807, 2.05) is 19.1 Å². The molecule has 1 heterocycles. The fraction of sp³-hybridized carbons (Fsp3) is 0.125. The standard InChI is InChI=1S/C8H7BrN2S/c1-4-5(9)2-3-6-7(4)11-8(10)12-6/h2-3H,1H3,(H2,10,11). The first-order valence-electron chi connectivity index (χ1n) is 3.49. The molecular formula is C8H7BrN2S. The van der Waals surface area contributed by atoms with Gasteiger partial charge in [-0.2, -0.15) is 0 Å². The summed E-state index contributed by atoms with van der Waals surface area (Å²) in [5, 5.41) is 0.631. The molecule has 0 saturated carbocycles. The van der Waals surface area contributed by atoms with Gasteiger partial charge in [-0.3, -0.25) is 0 Å². The van der Waals surface area contributed by atoms with E-state index in [-0.39, 0.29) is 0 Å². The van der Waals surface area contributed by atoms with E-state index >= 15 is 0 Å². The van der Waals surface area contributed by atoms with Gasteiger partial charge < -0.3 is 5.73 Å². The molecule has 12 heavy (non-hydrogen) atoms. The third-order valence-corrected chi connectivity index (χ3v) is 3.47. The number of nitrogens with two attached hydrogens (primary N) is 1. The molecule has 2 aromatic rings. The molecule has 0 saturated heterocycles. The molecule has 0 unspecified atom stereocenters. The molecule has 2 N–H and O–H groups in total. The zero-order valence-electron chi connectivity index (χ0n) is 6.47. The molecule has 1 aromatic carbocycles. The normalized spacial score (nSPS) is 10.8. The zero-order valence-corrected chi connectivity index (χ0v) is 8.87. The van der Waals surface area contributed by atoms with Crippen molar-refractivity contribution in [2.24, 2.45) is 0 Å². The Morgan fingerprint density at radius 1 is 1.50 bits per heavy atom. The van der Waals surface area contributed by atoms with Crippen LogP contribution in [0.15, 0.2) is 16.6 Å². The van der Waals surface area contributed by atoms with E-state index < -0.39 is 0 Å². The molecule has 0 spiro atoms. The third kappa shape index (κ3) is 1.11. The van der Waals surface area contributed by atoms with Gasteiger partial charge in [0, 0.05) is 4.47 Å². The van der Waals surface area contributed by atoms with E-state index in [0.29, 0.717) is 5.13 Å². The van der Waals surface area contributed by atoms with Crippen LogP contribution in [0.25, 0.3) is 10.2 Å². The molecule has 0 fully saturated rings. The Balaban J connectivity index is 2.89. The fourth-order valence-electron chi connectivity index (χ4n) is 1.12. The van der Waals surface area contributed by atoms with Crippen molar-refractivity contribution in [1.29, 1.82) is 0 Å². The summed E-state index contributed by atoms with van der Waals surface area (Å²) < 4.78 is 2.23. The number of nitrogens with zero attached hydrogens (tertiary/aromatic N) is 1. The fourth-order valence-corrected chi connectivity index (χ4v) is 2.23. The Kier molecular flexibility index (Phi) is 1.81. The predicted octanol–water partition coefficient (Wildman–Crippen LogP) is 2.95. The lowest BCUT2D eigenvalue weighted by Gasteiger charge is -1.96. The highest BCUT2D eigenvalue weighted by Crippen LogP contribution is 2.30. The van der Waals surface area contributed by atoms with Gasteiger partial charge in [0.05, 0.1) is 10.2 Å². The number of hydrogen-bond donors (Lipinski definition) is 1. The quantitative estimate of drug-likeness (QED) is 0.772. The Hall–Kier alpha value is -0.610. The smallest absolute Gasteiger partial charge is 0.181 e. The van der Waals surface area contributed by atoms with E-state index in [0.717, 1.165) is 20.3 Å². The average Bonchev–Trinajstić information content (AvgIpc) is 2.39. The molecule has 4 heteroatoms. The Morgan fingerprint density at radius 3 is 3.00 bits per heavy atom. The van der Waals surface area contributed by atoms with Crippen LogP contribution in [-0.4, -0.2) is 4.98 Å². The van der Waals surface area contributed by atoms with Crippen LogP contribution in [0.3, 0.4) is 0 Å². The molecule has 1 aromatic heterocycles. The van der Waals surface area contributed by atoms with Gasteiger partial charge in [-0.1, -0.05) is 27.3 Å². The van der Waals surface area contributed by atoms with Crippen molar-refractivity contribution >= 4 is 42.6 Å². The highest BCUT2D eigenvalue weighted by atomic mass is 79.9. The highest BCUT2D eigenvalue weighted by molar-refractivity contribution is 9.10. The lowest BCUT2D eigenvalue weighted by molar-refractivity contribution is 1.41. The summed E-state index contributed by atoms with van der Waals surface area (Å²) in [5.74, 6) is 0. The van der Waals surface area contributed by atoms with Crippen LogP contribution in [0, 0.1) is 6.92 Å². The van der Waals surface area contributed by atoms with E-state index in [2.05, 4.69) is 20.9 Å². The summed E-state index contributed by atoms with van der Waals surface area (Å²) in [6.07, 6.45) is 0. The van der Waals surface area contributed by atoms with Crippen LogP contribution in [0.2, 0.25) is 0 Å². The maximum Gasteiger partial charge on any atom is 0.181 e. The number of aryl methyl sites for hydroxylation is 1. The molecule has 0 aliphatic rings. The van der Waals surface area contributed by atoms with Gasteiger partial charge in [-0.15, -0.1) is 0 Å². The number of aromatic nitrogens is 1. The SMILES string of the molecule is Cc1c(Br)ccc2sc(N)nc12. The largest absolute Gasteiger partial charge is 0.375 e. The van der Waals surface area contributed by atoms with Gasteiger partial charge in [0.2, 0.25) is 0 Å². The summed E-state index contributed by atoms with van der Waals surface area (Å²) in [5.41, 5.74) is 7.76. The predicted molar refractivity (Wildman–Crippen MR) is 56.5 cm³/mol. The number of halogens is 1. The molecule has 2 nitrogen and oxygen atoms in total. The maximum absolute atomic E-state index is 5.60. The zero-order chi connectivity index (χ0) is 8.72. The first kappa shape index (κ1) is 8.01. The number of fused-ring (bicyclic) bond motifs is 1. The van der Waals surface area contributed by atoms with Crippen LogP contribution < -0.4 is 5.73 Å². The minimum Gasteiger partial charge on any atom is -0.375 e. The van der Waals surface area contributed by atoms with Gasteiger partial charge in [0.15, 0.2) is 5.13 Å². The summed E-state index contributed by atoms with van der Waals surface area (Å²) in [4.78, 5) is 4.24. The lowest BCUT2D eigenvalue weighted by atomic mass is 10.2. The Bertz CT molecular complexity index is 436. The van der Waals surface area contributed by atoms with Gasteiger partial charge in [0.25, 0.3) is 0 Å². The molecule has 0 aliphatic heterocycles. The number of nitrogen functional groups attached to an aromatic ring is 1. The number of thiazole rings is 1. The van der Waals surface area contributed by atoms with Crippen LogP contribution in [0.4, 0.5) is 5.13 Å². The van der Waals surface area contributed by atoms with E-state index in [1.165, 1.54) is 11.3 Å². The Morgan fingerprint density at radius 2 is 2.25 bits per heavy atom. The van der Waals surface area contributed by atoms with Crippen LogP contribution in [-0.2, 0) is 0 Å². The van der Waals surface area contributed by atoms with E-state index in [1.54, 1.807) is 0 Å². The summed E-state index contributed by atoms with van der Waals surface area (Å²) in [6.45, 7) is 2.03. The summed E-state index contributed by atoms with van der Waals surface area (Å²) in [6, 6.07) is 4.05. The maximum atomic E-state index is 5.60. The van der Waals surface area contributed by atoms with Crippen molar-refractivity contribution in [3.8, 4) is 0 Å². The van der Waals surface area contributed by atoms with Crippen molar-refractivity contribution in [3.05, 3.63) is 22.2 Å². The molecule has 2 rings (SSSR count). The molecular weight excluding hydrogens is 236 g/mol. The van der Waals surface area contributed by atoms with Crippen molar-refractivity contribution in [2.45, 2.75) is 6.92 Å². The van der Waals surface area contributed by atoms with Crippen molar-refractivity contribution in [2.75, 3.05) is 5.73 Å². The summed E-state index contributed by atoms with van der Waals surface area (Å²) >= 11 is 4.97. The van der Waals surface area contributed by atoms with Crippen LogP contribution in [0.5, 0.6) is 0 Å². The minimum atomic E-state index is 0.631. The molecule has 0 radical (unpaired) electrons. The van der Waals surface area contributed by atoms with Gasteiger partial charge in [-0.25, -0.2) is 4.98 Å². The number of hydrogen-bond acceptors (Lipinski definition) is 3. The summed E-state index contributed by atoms with van der Waals surface area (Å²) in [7, 11) is 0. The second-order valence-corrected chi connectivity index (χ2v) is 4.49. The second-order valence-electron chi connectivity index (χ2n) is 2.57. The first-order chi connectivity index (χ1) is 5.68. The van der Waals surface area contributed by atoms with E-state index in [9.17, 15) is 0 Å². The molecule has 0 amide bonds. The molecule has 0 atom stereocenters. The lowest BCUT2D eigenvalue weighted by Crippen LogP contribution is -1.81. The first-order valence-corrected chi connectivity index (χ1v) is 5.10. The highest BCUT2D eigenvalue weighted by Gasteiger charge is 2.05.